The van der Waals surface area contributed by atoms with Gasteiger partial charge in [0.25, 0.3) is 5.91 Å². The molecular weight excluding hydrogens is 330 g/mol. The molecule has 0 saturated carbocycles. The van der Waals surface area contributed by atoms with Crippen molar-refractivity contribution in [1.82, 2.24) is 19.4 Å². The SMILES string of the molecule is O=C(Nc1ccc2nc(-c3ccco3)[nH]c2c1)c1ccn2ccnc2c1. The van der Waals surface area contributed by atoms with E-state index in [1.807, 2.05) is 47.1 Å². The largest absolute Gasteiger partial charge is 0.461 e. The Hall–Kier alpha value is -3.87. The van der Waals surface area contributed by atoms with Gasteiger partial charge in [-0.3, -0.25) is 4.79 Å². The molecule has 1 amide bonds. The second kappa shape index (κ2) is 5.59. The van der Waals surface area contributed by atoms with Crippen molar-refractivity contribution in [3.8, 4) is 11.6 Å². The van der Waals surface area contributed by atoms with E-state index in [1.165, 1.54) is 0 Å². The van der Waals surface area contributed by atoms with E-state index in [-0.39, 0.29) is 5.91 Å². The summed E-state index contributed by atoms with van der Waals surface area (Å²) in [7, 11) is 0. The number of carbonyl (C=O) groups excluding carboxylic acids is 1. The van der Waals surface area contributed by atoms with E-state index in [2.05, 4.69) is 20.3 Å². The molecule has 2 N–H and O–H groups in total. The normalized spacial score (nSPS) is 11.2. The summed E-state index contributed by atoms with van der Waals surface area (Å²) in [6.07, 6.45) is 6.94. The summed E-state index contributed by atoms with van der Waals surface area (Å²) in [5.41, 5.74) is 3.57. The van der Waals surface area contributed by atoms with Crippen molar-refractivity contribution in [3.63, 3.8) is 0 Å². The number of benzene rings is 1. The maximum Gasteiger partial charge on any atom is 0.255 e. The summed E-state index contributed by atoms with van der Waals surface area (Å²) in [4.78, 5) is 24.4. The third-order valence-corrected chi connectivity index (χ3v) is 4.15. The Labute approximate surface area is 147 Å². The lowest BCUT2D eigenvalue weighted by atomic mass is 10.2. The van der Waals surface area contributed by atoms with Crippen molar-refractivity contribution in [2.24, 2.45) is 0 Å². The molecule has 0 saturated heterocycles. The van der Waals surface area contributed by atoms with Crippen LogP contribution in [0.2, 0.25) is 0 Å². The number of hydrogen-bond acceptors (Lipinski definition) is 4. The summed E-state index contributed by atoms with van der Waals surface area (Å²) >= 11 is 0. The van der Waals surface area contributed by atoms with Gasteiger partial charge in [0.05, 0.1) is 17.3 Å². The molecule has 26 heavy (non-hydrogen) atoms. The van der Waals surface area contributed by atoms with Crippen LogP contribution in [0.3, 0.4) is 0 Å². The van der Waals surface area contributed by atoms with E-state index in [9.17, 15) is 4.79 Å². The summed E-state index contributed by atoms with van der Waals surface area (Å²) in [6.45, 7) is 0. The second-order valence-electron chi connectivity index (χ2n) is 5.86. The summed E-state index contributed by atoms with van der Waals surface area (Å²) in [5.74, 6) is 1.12. The first-order valence-corrected chi connectivity index (χ1v) is 8.04. The van der Waals surface area contributed by atoms with E-state index in [1.54, 1.807) is 24.6 Å². The van der Waals surface area contributed by atoms with Crippen LogP contribution in [0.1, 0.15) is 10.4 Å². The lowest BCUT2D eigenvalue weighted by Crippen LogP contribution is -2.12. The second-order valence-corrected chi connectivity index (χ2v) is 5.86. The van der Waals surface area contributed by atoms with Gasteiger partial charge in [-0.25, -0.2) is 9.97 Å². The number of amides is 1. The Morgan fingerprint density at radius 3 is 3.00 bits per heavy atom. The quantitative estimate of drug-likeness (QED) is 0.522. The fourth-order valence-corrected chi connectivity index (χ4v) is 2.87. The van der Waals surface area contributed by atoms with Gasteiger partial charge in [0, 0.05) is 29.8 Å². The fraction of sp³-hybridized carbons (Fsp3) is 0. The Balaban J connectivity index is 1.44. The van der Waals surface area contributed by atoms with Crippen LogP contribution < -0.4 is 5.32 Å². The average molecular weight is 343 g/mol. The van der Waals surface area contributed by atoms with Crippen molar-refractivity contribution < 1.29 is 9.21 Å². The van der Waals surface area contributed by atoms with Gasteiger partial charge in [-0.1, -0.05) is 0 Å². The number of H-pyrrole nitrogens is 1. The standard InChI is InChI=1S/C19H13N5O2/c25-19(12-5-7-24-8-6-20-17(24)10-12)21-13-3-4-14-15(11-13)23-18(22-14)16-2-1-9-26-16/h1-11H,(H,21,25)(H,22,23). The topological polar surface area (TPSA) is 88.2 Å². The highest BCUT2D eigenvalue weighted by Gasteiger charge is 2.11. The zero-order chi connectivity index (χ0) is 17.5. The number of aromatic amines is 1. The molecule has 4 heterocycles. The third kappa shape index (κ3) is 2.42. The molecule has 0 aliphatic rings. The number of pyridine rings is 1. The molecule has 0 aliphatic heterocycles. The predicted octanol–water partition coefficient (Wildman–Crippen LogP) is 3.72. The van der Waals surface area contributed by atoms with E-state index in [4.69, 9.17) is 4.42 Å². The Kier molecular flexibility index (Phi) is 3.11. The summed E-state index contributed by atoms with van der Waals surface area (Å²) in [6, 6.07) is 12.7. The van der Waals surface area contributed by atoms with Gasteiger partial charge in [-0.15, -0.1) is 0 Å². The highest BCUT2D eigenvalue weighted by atomic mass is 16.3. The minimum atomic E-state index is -0.194. The first-order valence-electron chi connectivity index (χ1n) is 8.04. The molecule has 0 bridgehead atoms. The minimum Gasteiger partial charge on any atom is -0.461 e. The minimum absolute atomic E-state index is 0.194. The number of rotatable bonds is 3. The number of furan rings is 1. The molecule has 5 aromatic rings. The van der Waals surface area contributed by atoms with E-state index in [0.29, 0.717) is 22.8 Å². The lowest BCUT2D eigenvalue weighted by molar-refractivity contribution is 0.102. The molecule has 0 fully saturated rings. The molecule has 7 nitrogen and oxygen atoms in total. The van der Waals surface area contributed by atoms with Gasteiger partial charge >= 0.3 is 0 Å². The highest BCUT2D eigenvalue weighted by molar-refractivity contribution is 6.05. The van der Waals surface area contributed by atoms with Gasteiger partial charge in [0.2, 0.25) is 0 Å². The first-order chi connectivity index (χ1) is 12.8. The molecule has 5 rings (SSSR count). The van der Waals surface area contributed by atoms with Crippen LogP contribution in [0, 0.1) is 0 Å². The van der Waals surface area contributed by atoms with Crippen molar-refractivity contribution >= 4 is 28.3 Å². The van der Waals surface area contributed by atoms with Crippen LogP contribution in [-0.2, 0) is 0 Å². The smallest absolute Gasteiger partial charge is 0.255 e. The van der Waals surface area contributed by atoms with Crippen molar-refractivity contribution in [2.45, 2.75) is 0 Å². The Morgan fingerprint density at radius 1 is 1.15 bits per heavy atom. The van der Waals surface area contributed by atoms with Crippen LogP contribution in [0.25, 0.3) is 28.3 Å². The van der Waals surface area contributed by atoms with E-state index in [0.717, 1.165) is 16.7 Å². The molecule has 0 aliphatic carbocycles. The number of fused-ring (bicyclic) bond motifs is 2. The number of aromatic nitrogens is 4. The molecule has 7 heteroatoms. The first kappa shape index (κ1) is 14.5. The van der Waals surface area contributed by atoms with Crippen LogP contribution in [0.4, 0.5) is 5.69 Å². The average Bonchev–Trinajstić information content (AvgIpc) is 3.39. The van der Waals surface area contributed by atoms with Crippen molar-refractivity contribution in [3.05, 3.63) is 72.9 Å². The number of hydrogen-bond donors (Lipinski definition) is 2. The number of nitrogens with zero attached hydrogens (tertiary/aromatic N) is 3. The lowest BCUT2D eigenvalue weighted by Gasteiger charge is -2.05. The van der Waals surface area contributed by atoms with Gasteiger partial charge in [0.1, 0.15) is 5.65 Å². The molecule has 126 valence electrons. The number of imidazole rings is 2. The maximum absolute atomic E-state index is 12.5. The van der Waals surface area contributed by atoms with E-state index >= 15 is 0 Å². The van der Waals surface area contributed by atoms with Gasteiger partial charge < -0.3 is 19.1 Å². The Morgan fingerprint density at radius 2 is 2.12 bits per heavy atom. The molecule has 0 spiro atoms. The molecule has 0 atom stereocenters. The predicted molar refractivity (Wildman–Crippen MR) is 96.9 cm³/mol. The van der Waals surface area contributed by atoms with Gasteiger partial charge in [0.15, 0.2) is 11.6 Å². The summed E-state index contributed by atoms with van der Waals surface area (Å²) in [5, 5.41) is 2.90. The zero-order valence-corrected chi connectivity index (χ0v) is 13.5. The monoisotopic (exact) mass is 343 g/mol. The van der Waals surface area contributed by atoms with Crippen molar-refractivity contribution in [1.29, 1.82) is 0 Å². The van der Waals surface area contributed by atoms with Crippen LogP contribution >= 0.6 is 0 Å². The Bertz CT molecular complexity index is 1230. The number of anilines is 1. The number of nitrogens with one attached hydrogen (secondary N) is 2. The van der Waals surface area contributed by atoms with Crippen molar-refractivity contribution in [2.75, 3.05) is 5.32 Å². The molecule has 1 aromatic carbocycles. The van der Waals surface area contributed by atoms with Crippen LogP contribution in [0.5, 0.6) is 0 Å². The van der Waals surface area contributed by atoms with E-state index < -0.39 is 0 Å². The molecule has 4 aromatic heterocycles. The zero-order valence-electron chi connectivity index (χ0n) is 13.5. The summed E-state index contributed by atoms with van der Waals surface area (Å²) < 4.78 is 7.21. The fourth-order valence-electron chi connectivity index (χ4n) is 2.87. The molecule has 0 radical (unpaired) electrons. The molecule has 0 unspecified atom stereocenters. The third-order valence-electron chi connectivity index (χ3n) is 4.15. The van der Waals surface area contributed by atoms with Crippen LogP contribution in [-0.4, -0.2) is 25.3 Å². The van der Waals surface area contributed by atoms with Gasteiger partial charge in [-0.05, 0) is 42.5 Å². The molecular formula is C19H13N5O2. The number of carbonyl (C=O) groups is 1. The van der Waals surface area contributed by atoms with Gasteiger partial charge in [-0.2, -0.15) is 0 Å². The van der Waals surface area contributed by atoms with Crippen LogP contribution in [0.15, 0.2) is 71.7 Å². The maximum atomic E-state index is 12.5. The highest BCUT2D eigenvalue weighted by Crippen LogP contribution is 2.23.